The molecule has 0 radical (unpaired) electrons. The summed E-state index contributed by atoms with van der Waals surface area (Å²) in [6.45, 7) is 0.694. The molecule has 82 valence electrons. The second kappa shape index (κ2) is 4.61. The molecule has 0 atom stereocenters. The van der Waals surface area contributed by atoms with E-state index in [4.69, 9.17) is 4.42 Å². The fourth-order valence-electron chi connectivity index (χ4n) is 1.45. The molecule has 2 rings (SSSR count). The largest absolute Gasteiger partial charge is 0.438 e. The minimum absolute atomic E-state index is 0.341. The molecule has 0 N–H and O–H groups in total. The maximum atomic E-state index is 10.5. The number of carbonyl (C=O) groups is 1. The van der Waals surface area contributed by atoms with Crippen LogP contribution in [0.4, 0.5) is 5.88 Å². The van der Waals surface area contributed by atoms with Crippen LogP contribution in [0.25, 0.3) is 0 Å². The van der Waals surface area contributed by atoms with Gasteiger partial charge in [-0.25, -0.2) is 0 Å². The van der Waals surface area contributed by atoms with E-state index in [1.165, 1.54) is 0 Å². The Hall–Kier alpha value is -2.10. The summed E-state index contributed by atoms with van der Waals surface area (Å²) in [6, 6.07) is 7.32. The van der Waals surface area contributed by atoms with E-state index in [-0.39, 0.29) is 0 Å². The van der Waals surface area contributed by atoms with Crippen LogP contribution in [0.1, 0.15) is 16.1 Å². The Balaban J connectivity index is 2.08. The number of anilines is 1. The summed E-state index contributed by atoms with van der Waals surface area (Å²) in [5.41, 5.74) is 1.09. The van der Waals surface area contributed by atoms with Crippen molar-refractivity contribution in [3.05, 3.63) is 48.0 Å². The van der Waals surface area contributed by atoms with Crippen LogP contribution in [0.15, 0.2) is 41.1 Å². The minimum Gasteiger partial charge on any atom is -0.438 e. The standard InChI is InChI=1S/C12H12N2O2/c1-14(8-10-3-2-6-13-7-10)12-5-4-11(9-15)16-12/h2-7,9H,8H2,1H3. The number of carbonyl (C=O) groups excluding carboxylic acids is 1. The van der Waals surface area contributed by atoms with Gasteiger partial charge in [-0.05, 0) is 17.7 Å². The van der Waals surface area contributed by atoms with Gasteiger partial charge in [-0.2, -0.15) is 0 Å². The molecule has 0 amide bonds. The first-order valence-electron chi connectivity index (χ1n) is 4.94. The molecule has 2 aromatic rings. The fourth-order valence-corrected chi connectivity index (χ4v) is 1.45. The topological polar surface area (TPSA) is 46.3 Å². The van der Waals surface area contributed by atoms with E-state index < -0.39 is 0 Å². The van der Waals surface area contributed by atoms with Gasteiger partial charge in [0.1, 0.15) is 0 Å². The van der Waals surface area contributed by atoms with Crippen LogP contribution in [-0.2, 0) is 6.54 Å². The van der Waals surface area contributed by atoms with E-state index in [1.54, 1.807) is 24.5 Å². The smallest absolute Gasteiger partial charge is 0.196 e. The fraction of sp³-hybridized carbons (Fsp3) is 0.167. The average Bonchev–Trinajstić information content (AvgIpc) is 2.79. The van der Waals surface area contributed by atoms with Gasteiger partial charge in [-0.1, -0.05) is 6.07 Å². The summed E-state index contributed by atoms with van der Waals surface area (Å²) >= 11 is 0. The minimum atomic E-state index is 0.341. The zero-order valence-corrected chi connectivity index (χ0v) is 8.96. The molecular weight excluding hydrogens is 204 g/mol. The van der Waals surface area contributed by atoms with E-state index in [9.17, 15) is 4.79 Å². The summed E-state index contributed by atoms with van der Waals surface area (Å²) in [6.07, 6.45) is 4.24. The third-order valence-electron chi connectivity index (χ3n) is 2.25. The van der Waals surface area contributed by atoms with Gasteiger partial charge in [0.15, 0.2) is 17.9 Å². The lowest BCUT2D eigenvalue weighted by Crippen LogP contribution is -2.15. The molecule has 16 heavy (non-hydrogen) atoms. The maximum Gasteiger partial charge on any atom is 0.196 e. The monoisotopic (exact) mass is 216 g/mol. The van der Waals surface area contributed by atoms with E-state index in [2.05, 4.69) is 4.98 Å². The van der Waals surface area contributed by atoms with Gasteiger partial charge in [-0.3, -0.25) is 9.78 Å². The number of furan rings is 1. The van der Waals surface area contributed by atoms with Crippen molar-refractivity contribution in [3.8, 4) is 0 Å². The Morgan fingerprint density at radius 1 is 1.44 bits per heavy atom. The normalized spacial score (nSPS) is 10.1. The van der Waals surface area contributed by atoms with Crippen molar-refractivity contribution in [3.63, 3.8) is 0 Å². The molecule has 4 heteroatoms. The van der Waals surface area contributed by atoms with E-state index >= 15 is 0 Å². The van der Waals surface area contributed by atoms with Crippen LogP contribution in [0.5, 0.6) is 0 Å². The van der Waals surface area contributed by atoms with Crippen LogP contribution in [-0.4, -0.2) is 18.3 Å². The zero-order valence-electron chi connectivity index (χ0n) is 8.96. The Morgan fingerprint density at radius 3 is 2.94 bits per heavy atom. The predicted octanol–water partition coefficient (Wildman–Crippen LogP) is 2.12. The number of nitrogens with zero attached hydrogens (tertiary/aromatic N) is 2. The van der Waals surface area contributed by atoms with Crippen molar-refractivity contribution in [2.24, 2.45) is 0 Å². The molecule has 0 aliphatic rings. The second-order valence-corrected chi connectivity index (χ2v) is 3.51. The quantitative estimate of drug-likeness (QED) is 0.734. The van der Waals surface area contributed by atoms with E-state index in [0.717, 1.165) is 5.56 Å². The first-order valence-corrected chi connectivity index (χ1v) is 4.94. The lowest BCUT2D eigenvalue weighted by Gasteiger charge is -2.15. The Bertz CT molecular complexity index is 465. The molecule has 2 heterocycles. The molecule has 0 spiro atoms. The van der Waals surface area contributed by atoms with Crippen molar-refractivity contribution in [1.82, 2.24) is 4.98 Å². The molecule has 0 aliphatic heterocycles. The predicted molar refractivity (Wildman–Crippen MR) is 60.4 cm³/mol. The van der Waals surface area contributed by atoms with Crippen LogP contribution in [0.2, 0.25) is 0 Å². The van der Waals surface area contributed by atoms with Gasteiger partial charge < -0.3 is 9.32 Å². The van der Waals surface area contributed by atoms with Crippen LogP contribution in [0.3, 0.4) is 0 Å². The van der Waals surface area contributed by atoms with Crippen LogP contribution in [0, 0.1) is 0 Å². The van der Waals surface area contributed by atoms with Crippen molar-refractivity contribution in [2.75, 3.05) is 11.9 Å². The van der Waals surface area contributed by atoms with Gasteiger partial charge in [0.25, 0.3) is 0 Å². The van der Waals surface area contributed by atoms with Crippen molar-refractivity contribution in [2.45, 2.75) is 6.54 Å². The summed E-state index contributed by atoms with van der Waals surface area (Å²) < 4.78 is 5.30. The molecule has 0 saturated carbocycles. The maximum absolute atomic E-state index is 10.5. The summed E-state index contributed by atoms with van der Waals surface area (Å²) in [5, 5.41) is 0. The Labute approximate surface area is 93.5 Å². The van der Waals surface area contributed by atoms with Crippen LogP contribution >= 0.6 is 0 Å². The van der Waals surface area contributed by atoms with E-state index in [1.807, 2.05) is 24.1 Å². The van der Waals surface area contributed by atoms with E-state index in [0.29, 0.717) is 24.5 Å². The molecule has 0 saturated heterocycles. The third kappa shape index (κ3) is 2.28. The van der Waals surface area contributed by atoms with Gasteiger partial charge >= 0.3 is 0 Å². The highest BCUT2D eigenvalue weighted by atomic mass is 16.4. The molecule has 0 aliphatic carbocycles. The molecular formula is C12H12N2O2. The first kappa shape index (κ1) is 10.4. The highest BCUT2D eigenvalue weighted by molar-refractivity contribution is 5.71. The number of hydrogen-bond acceptors (Lipinski definition) is 4. The first-order chi connectivity index (χ1) is 7.79. The number of rotatable bonds is 4. The molecule has 0 unspecified atom stereocenters. The van der Waals surface area contributed by atoms with Crippen molar-refractivity contribution in [1.29, 1.82) is 0 Å². The zero-order chi connectivity index (χ0) is 11.4. The number of aromatic nitrogens is 1. The van der Waals surface area contributed by atoms with Gasteiger partial charge in [0.2, 0.25) is 0 Å². The van der Waals surface area contributed by atoms with Crippen LogP contribution < -0.4 is 4.90 Å². The number of hydrogen-bond donors (Lipinski definition) is 0. The SMILES string of the molecule is CN(Cc1cccnc1)c1ccc(C=O)o1. The second-order valence-electron chi connectivity index (χ2n) is 3.51. The Kier molecular flexibility index (Phi) is 3.00. The molecule has 0 fully saturated rings. The summed E-state index contributed by atoms with van der Waals surface area (Å²) in [5.74, 6) is 1.01. The molecule has 2 aromatic heterocycles. The summed E-state index contributed by atoms with van der Waals surface area (Å²) in [4.78, 5) is 16.4. The molecule has 0 bridgehead atoms. The highest BCUT2D eigenvalue weighted by Gasteiger charge is 2.06. The molecule has 4 nitrogen and oxygen atoms in total. The number of aldehydes is 1. The lowest BCUT2D eigenvalue weighted by molar-refractivity contribution is 0.110. The Morgan fingerprint density at radius 2 is 2.31 bits per heavy atom. The van der Waals surface area contributed by atoms with Gasteiger partial charge in [0.05, 0.1) is 0 Å². The molecule has 0 aromatic carbocycles. The van der Waals surface area contributed by atoms with Gasteiger partial charge in [-0.15, -0.1) is 0 Å². The van der Waals surface area contributed by atoms with Crippen molar-refractivity contribution >= 4 is 12.2 Å². The van der Waals surface area contributed by atoms with Crippen molar-refractivity contribution < 1.29 is 9.21 Å². The summed E-state index contributed by atoms with van der Waals surface area (Å²) in [7, 11) is 1.90. The van der Waals surface area contributed by atoms with Gasteiger partial charge in [0, 0.05) is 32.1 Å². The lowest BCUT2D eigenvalue weighted by atomic mass is 10.3. The highest BCUT2D eigenvalue weighted by Crippen LogP contribution is 2.17. The third-order valence-corrected chi connectivity index (χ3v) is 2.25. The average molecular weight is 216 g/mol. The number of pyridine rings is 1.